The van der Waals surface area contributed by atoms with E-state index in [0.29, 0.717) is 28.4 Å². The van der Waals surface area contributed by atoms with E-state index in [-0.39, 0.29) is 18.4 Å². The molecular weight excluding hydrogens is 460 g/mol. The van der Waals surface area contributed by atoms with Crippen LogP contribution in [0.5, 0.6) is 11.5 Å². The smallest absolute Gasteiger partial charge is 0.255 e. The van der Waals surface area contributed by atoms with Crippen LogP contribution < -0.4 is 19.3 Å². The molecule has 0 spiro atoms. The zero-order valence-corrected chi connectivity index (χ0v) is 18.7. The van der Waals surface area contributed by atoms with Gasteiger partial charge in [-0.1, -0.05) is 40.2 Å². The van der Waals surface area contributed by atoms with Crippen LogP contribution in [0.1, 0.15) is 11.6 Å². The number of anilines is 2. The molecule has 0 radical (unpaired) electrons. The molecule has 7 heteroatoms. The Morgan fingerprint density at radius 1 is 0.871 bits per heavy atom. The maximum absolute atomic E-state index is 13.8. The molecule has 1 aliphatic heterocycles. The number of hydrogen-bond acceptors (Lipinski definition) is 4. The summed E-state index contributed by atoms with van der Waals surface area (Å²) in [5.41, 5.74) is 1.92. The summed E-state index contributed by atoms with van der Waals surface area (Å²) in [5.74, 6) is 0.815. The number of ether oxygens (including phenoxy) is 2. The van der Waals surface area contributed by atoms with Gasteiger partial charge < -0.3 is 9.47 Å². The van der Waals surface area contributed by atoms with Gasteiger partial charge in [0.05, 0.1) is 19.9 Å². The van der Waals surface area contributed by atoms with Gasteiger partial charge in [-0.15, -0.1) is 0 Å². The van der Waals surface area contributed by atoms with E-state index >= 15 is 0 Å². The van der Waals surface area contributed by atoms with E-state index < -0.39 is 6.04 Å². The fourth-order valence-electron chi connectivity index (χ4n) is 3.72. The fraction of sp³-hybridized carbons (Fsp3) is 0.167. The number of rotatable bonds is 5. The van der Waals surface area contributed by atoms with E-state index in [4.69, 9.17) is 9.47 Å². The first-order valence-corrected chi connectivity index (χ1v) is 10.5. The molecule has 0 unspecified atom stereocenters. The van der Waals surface area contributed by atoms with Gasteiger partial charge in [0.25, 0.3) is 5.91 Å². The lowest BCUT2D eigenvalue weighted by atomic mass is 9.99. The first-order valence-electron chi connectivity index (χ1n) is 9.69. The summed E-state index contributed by atoms with van der Waals surface area (Å²) in [6.07, 6.45) is 0. The van der Waals surface area contributed by atoms with Crippen LogP contribution in [0.25, 0.3) is 0 Å². The maximum Gasteiger partial charge on any atom is 0.255 e. The highest BCUT2D eigenvalue weighted by molar-refractivity contribution is 9.10. The zero-order valence-electron chi connectivity index (χ0n) is 17.1. The molecule has 1 heterocycles. The molecule has 158 valence electrons. The third kappa shape index (κ3) is 4.01. The fourth-order valence-corrected chi connectivity index (χ4v) is 3.98. The molecule has 0 aliphatic carbocycles. The van der Waals surface area contributed by atoms with Crippen molar-refractivity contribution in [2.24, 2.45) is 0 Å². The van der Waals surface area contributed by atoms with Gasteiger partial charge in [0.2, 0.25) is 5.91 Å². The Kier molecular flexibility index (Phi) is 5.95. The molecule has 3 aromatic rings. The van der Waals surface area contributed by atoms with E-state index in [1.807, 2.05) is 48.5 Å². The number of benzene rings is 3. The van der Waals surface area contributed by atoms with Gasteiger partial charge in [0.1, 0.15) is 24.1 Å². The second kappa shape index (κ2) is 8.81. The summed E-state index contributed by atoms with van der Waals surface area (Å²) in [7, 11) is 3.13. The first kappa shape index (κ1) is 20.9. The molecule has 0 N–H and O–H groups in total. The summed E-state index contributed by atoms with van der Waals surface area (Å²) in [4.78, 5) is 30.2. The summed E-state index contributed by atoms with van der Waals surface area (Å²) >= 11 is 3.42. The van der Waals surface area contributed by atoms with Crippen LogP contribution in [-0.2, 0) is 9.59 Å². The quantitative estimate of drug-likeness (QED) is 0.535. The second-order valence-electron chi connectivity index (χ2n) is 7.01. The van der Waals surface area contributed by atoms with Crippen LogP contribution in [0.4, 0.5) is 11.4 Å². The Hall–Kier alpha value is -3.32. The SMILES string of the molecule is COc1ccc([C@@H]2C(=O)N(c3ccccc3OC)CC(=O)N2c2ccc(Br)cc2)cc1. The van der Waals surface area contributed by atoms with E-state index in [1.54, 1.807) is 43.4 Å². The van der Waals surface area contributed by atoms with E-state index in [2.05, 4.69) is 15.9 Å². The lowest BCUT2D eigenvalue weighted by Gasteiger charge is -2.40. The van der Waals surface area contributed by atoms with Crippen LogP contribution in [0.3, 0.4) is 0 Å². The summed E-state index contributed by atoms with van der Waals surface area (Å²) in [6.45, 7) is -0.0814. The van der Waals surface area contributed by atoms with Crippen LogP contribution in [0.15, 0.2) is 77.3 Å². The Bertz CT molecular complexity index is 1100. The minimum Gasteiger partial charge on any atom is -0.497 e. The topological polar surface area (TPSA) is 59.1 Å². The number of piperazine rings is 1. The van der Waals surface area contributed by atoms with E-state index in [1.165, 1.54) is 4.90 Å². The monoisotopic (exact) mass is 480 g/mol. The maximum atomic E-state index is 13.8. The number of carbonyl (C=O) groups excluding carboxylic acids is 2. The normalized spacial score (nSPS) is 16.4. The van der Waals surface area contributed by atoms with Gasteiger partial charge in [-0.25, -0.2) is 0 Å². The predicted octanol–water partition coefficient (Wildman–Crippen LogP) is 4.59. The molecule has 3 aromatic carbocycles. The van der Waals surface area contributed by atoms with Crippen molar-refractivity contribution >= 4 is 39.1 Å². The Labute approximate surface area is 189 Å². The molecule has 2 amide bonds. The Morgan fingerprint density at radius 3 is 2.19 bits per heavy atom. The highest BCUT2D eigenvalue weighted by Crippen LogP contribution is 2.38. The van der Waals surface area contributed by atoms with Crippen molar-refractivity contribution in [1.82, 2.24) is 0 Å². The van der Waals surface area contributed by atoms with E-state index in [9.17, 15) is 9.59 Å². The summed E-state index contributed by atoms with van der Waals surface area (Å²) in [6, 6.07) is 20.9. The summed E-state index contributed by atoms with van der Waals surface area (Å²) in [5, 5.41) is 0. The van der Waals surface area contributed by atoms with Crippen LogP contribution in [-0.4, -0.2) is 32.6 Å². The highest BCUT2D eigenvalue weighted by Gasteiger charge is 2.42. The number of amides is 2. The van der Waals surface area contributed by atoms with Crippen LogP contribution in [0.2, 0.25) is 0 Å². The van der Waals surface area contributed by atoms with Crippen molar-refractivity contribution in [1.29, 1.82) is 0 Å². The molecule has 31 heavy (non-hydrogen) atoms. The minimum atomic E-state index is -0.821. The molecule has 1 atom stereocenters. The Balaban J connectivity index is 1.82. The van der Waals surface area contributed by atoms with Gasteiger partial charge >= 0.3 is 0 Å². The van der Waals surface area contributed by atoms with Crippen LogP contribution >= 0.6 is 15.9 Å². The second-order valence-corrected chi connectivity index (χ2v) is 7.93. The van der Waals surface area contributed by atoms with Crippen molar-refractivity contribution in [3.63, 3.8) is 0 Å². The number of halogens is 1. The molecule has 0 aromatic heterocycles. The van der Waals surface area contributed by atoms with E-state index in [0.717, 1.165) is 4.47 Å². The van der Waals surface area contributed by atoms with Crippen LogP contribution in [0, 0.1) is 0 Å². The molecule has 4 rings (SSSR count). The number of carbonyl (C=O) groups is 2. The molecule has 1 saturated heterocycles. The zero-order chi connectivity index (χ0) is 22.0. The van der Waals surface area contributed by atoms with Crippen molar-refractivity contribution in [2.45, 2.75) is 6.04 Å². The molecule has 0 bridgehead atoms. The first-order chi connectivity index (χ1) is 15.0. The van der Waals surface area contributed by atoms with Gasteiger partial charge in [-0.2, -0.15) is 0 Å². The number of nitrogens with zero attached hydrogens (tertiary/aromatic N) is 2. The van der Waals surface area contributed by atoms with Crippen molar-refractivity contribution < 1.29 is 19.1 Å². The standard InChI is InChI=1S/C24H21BrN2O4/c1-30-19-13-7-16(8-14-19)23-24(29)26(20-5-3-4-6-21(20)31-2)15-22(28)27(23)18-11-9-17(25)10-12-18/h3-14,23H,15H2,1-2H3/t23-/m1/s1. The third-order valence-corrected chi connectivity index (χ3v) is 5.76. The number of methoxy groups -OCH3 is 2. The molecule has 6 nitrogen and oxygen atoms in total. The third-order valence-electron chi connectivity index (χ3n) is 5.23. The molecule has 0 saturated carbocycles. The number of hydrogen-bond donors (Lipinski definition) is 0. The van der Waals surface area contributed by atoms with Gasteiger partial charge in [-0.3, -0.25) is 19.4 Å². The molecular formula is C24H21BrN2O4. The van der Waals surface area contributed by atoms with Crippen molar-refractivity contribution in [2.75, 3.05) is 30.6 Å². The average molecular weight is 481 g/mol. The Morgan fingerprint density at radius 2 is 1.55 bits per heavy atom. The molecule has 1 fully saturated rings. The minimum absolute atomic E-state index is 0.0814. The molecule has 1 aliphatic rings. The van der Waals surface area contributed by atoms with Gasteiger partial charge in [0.15, 0.2) is 0 Å². The van der Waals surface area contributed by atoms with Crippen molar-refractivity contribution in [3.05, 3.63) is 82.8 Å². The predicted molar refractivity (Wildman–Crippen MR) is 123 cm³/mol. The average Bonchev–Trinajstić information content (AvgIpc) is 2.81. The number of para-hydroxylation sites is 2. The lowest BCUT2D eigenvalue weighted by molar-refractivity contribution is -0.128. The highest BCUT2D eigenvalue weighted by atomic mass is 79.9. The largest absolute Gasteiger partial charge is 0.497 e. The van der Waals surface area contributed by atoms with Gasteiger partial charge in [-0.05, 0) is 54.1 Å². The van der Waals surface area contributed by atoms with Crippen molar-refractivity contribution in [3.8, 4) is 11.5 Å². The lowest BCUT2D eigenvalue weighted by Crippen LogP contribution is -2.56. The summed E-state index contributed by atoms with van der Waals surface area (Å²) < 4.78 is 11.6. The van der Waals surface area contributed by atoms with Gasteiger partial charge in [0, 0.05) is 10.2 Å².